The van der Waals surface area contributed by atoms with Crippen LogP contribution in [0.1, 0.15) is 33.6 Å². The van der Waals surface area contributed by atoms with E-state index in [0.717, 1.165) is 40.7 Å². The van der Waals surface area contributed by atoms with Gasteiger partial charge in [0.25, 0.3) is 0 Å². The number of nitrogens with one attached hydrogen (secondary N) is 1. The Morgan fingerprint density at radius 2 is 2.09 bits per heavy atom. The molecular weight excluding hydrogens is 408 g/mol. The standard InChI is InChI=1S/C17H18Br2N2O/c1-11-4-2-3-5-12(11)6-7-15(22)21-14-8-9-20-10-13(14)16(18)17(21)19/h2-5,20H,6-10H2,1H3. The van der Waals surface area contributed by atoms with Crippen LogP contribution >= 0.6 is 31.9 Å². The lowest BCUT2D eigenvalue weighted by Crippen LogP contribution is -2.26. The Hall–Kier alpha value is -0.910. The Bertz CT molecular complexity index is 722. The highest BCUT2D eigenvalue weighted by Crippen LogP contribution is 2.34. The summed E-state index contributed by atoms with van der Waals surface area (Å²) in [6, 6.07) is 8.25. The second-order valence-corrected chi connectivity index (χ2v) is 7.16. The van der Waals surface area contributed by atoms with Crippen LogP contribution in [0.15, 0.2) is 33.3 Å². The third-order valence-corrected chi connectivity index (χ3v) is 6.36. The monoisotopic (exact) mass is 424 g/mol. The molecule has 1 aliphatic heterocycles. The molecule has 22 heavy (non-hydrogen) atoms. The molecule has 0 atom stereocenters. The summed E-state index contributed by atoms with van der Waals surface area (Å²) in [5, 5.41) is 3.35. The summed E-state index contributed by atoms with van der Waals surface area (Å²) in [6.45, 7) is 3.82. The number of fused-ring (bicyclic) bond motifs is 1. The summed E-state index contributed by atoms with van der Waals surface area (Å²) in [7, 11) is 0. The van der Waals surface area contributed by atoms with Crippen molar-refractivity contribution in [2.75, 3.05) is 6.54 Å². The molecule has 0 aliphatic carbocycles. The van der Waals surface area contributed by atoms with Gasteiger partial charge in [0, 0.05) is 37.2 Å². The fourth-order valence-electron chi connectivity index (χ4n) is 2.97. The summed E-state index contributed by atoms with van der Waals surface area (Å²) in [5.41, 5.74) is 4.82. The minimum absolute atomic E-state index is 0.152. The Morgan fingerprint density at radius 1 is 1.32 bits per heavy atom. The lowest BCUT2D eigenvalue weighted by Gasteiger charge is -2.16. The normalized spacial score (nSPS) is 14.0. The first-order valence-corrected chi connectivity index (χ1v) is 9.04. The molecule has 116 valence electrons. The molecule has 0 bridgehead atoms. The van der Waals surface area contributed by atoms with Gasteiger partial charge >= 0.3 is 0 Å². The summed E-state index contributed by atoms with van der Waals surface area (Å²) >= 11 is 7.17. The van der Waals surface area contributed by atoms with Gasteiger partial charge in [-0.1, -0.05) is 24.3 Å². The van der Waals surface area contributed by atoms with Gasteiger partial charge in [-0.05, 0) is 56.3 Å². The van der Waals surface area contributed by atoms with Gasteiger partial charge in [0.2, 0.25) is 5.91 Å². The molecule has 3 nitrogen and oxygen atoms in total. The number of benzene rings is 1. The van der Waals surface area contributed by atoms with Crippen LogP contribution in [0.5, 0.6) is 0 Å². The molecule has 1 aromatic carbocycles. The molecule has 1 N–H and O–H groups in total. The third kappa shape index (κ3) is 2.94. The molecule has 2 heterocycles. The molecule has 0 saturated carbocycles. The maximum Gasteiger partial charge on any atom is 0.232 e. The van der Waals surface area contributed by atoms with Crippen molar-refractivity contribution in [2.24, 2.45) is 0 Å². The molecule has 0 fully saturated rings. The smallest absolute Gasteiger partial charge is 0.232 e. The lowest BCUT2D eigenvalue weighted by atomic mass is 10.0. The molecule has 2 aromatic rings. The van der Waals surface area contributed by atoms with Crippen molar-refractivity contribution in [3.05, 3.63) is 55.7 Å². The first-order valence-electron chi connectivity index (χ1n) is 7.45. The van der Waals surface area contributed by atoms with E-state index in [1.807, 2.05) is 16.7 Å². The SMILES string of the molecule is Cc1ccccc1CCC(=O)n1c(Br)c(Br)c2c1CCNC2. The molecule has 5 heteroatoms. The van der Waals surface area contributed by atoms with Gasteiger partial charge in [-0.25, -0.2) is 0 Å². The van der Waals surface area contributed by atoms with E-state index < -0.39 is 0 Å². The van der Waals surface area contributed by atoms with Gasteiger partial charge < -0.3 is 5.32 Å². The molecule has 0 spiro atoms. The van der Waals surface area contributed by atoms with E-state index in [1.54, 1.807) is 0 Å². The Balaban J connectivity index is 1.83. The number of aromatic nitrogens is 1. The maximum absolute atomic E-state index is 12.7. The second-order valence-electron chi connectivity index (χ2n) is 5.61. The predicted octanol–water partition coefficient (Wildman–Crippen LogP) is 4.24. The van der Waals surface area contributed by atoms with Crippen LogP contribution < -0.4 is 5.32 Å². The van der Waals surface area contributed by atoms with Crippen LogP contribution in [0.3, 0.4) is 0 Å². The van der Waals surface area contributed by atoms with E-state index >= 15 is 0 Å². The Morgan fingerprint density at radius 3 is 2.86 bits per heavy atom. The largest absolute Gasteiger partial charge is 0.312 e. The van der Waals surface area contributed by atoms with Gasteiger partial charge in [0.1, 0.15) is 4.60 Å². The van der Waals surface area contributed by atoms with Gasteiger partial charge in [-0.15, -0.1) is 0 Å². The third-order valence-electron chi connectivity index (χ3n) is 4.22. The molecule has 0 amide bonds. The minimum Gasteiger partial charge on any atom is -0.312 e. The lowest BCUT2D eigenvalue weighted by molar-refractivity contribution is 0.0897. The van der Waals surface area contributed by atoms with E-state index in [2.05, 4.69) is 56.2 Å². The highest BCUT2D eigenvalue weighted by molar-refractivity contribution is 9.13. The van der Waals surface area contributed by atoms with E-state index in [-0.39, 0.29) is 5.91 Å². The van der Waals surface area contributed by atoms with Crippen molar-refractivity contribution in [1.82, 2.24) is 9.88 Å². The van der Waals surface area contributed by atoms with Crippen molar-refractivity contribution < 1.29 is 4.79 Å². The van der Waals surface area contributed by atoms with Gasteiger partial charge in [0.15, 0.2) is 0 Å². The number of carbonyl (C=O) groups is 1. The Kier molecular flexibility index (Phi) is 4.85. The quantitative estimate of drug-likeness (QED) is 0.797. The van der Waals surface area contributed by atoms with Crippen LogP contribution in [0, 0.1) is 6.92 Å². The molecule has 3 rings (SSSR count). The van der Waals surface area contributed by atoms with Crippen molar-refractivity contribution in [3.63, 3.8) is 0 Å². The summed E-state index contributed by atoms with van der Waals surface area (Å²) in [4.78, 5) is 12.7. The van der Waals surface area contributed by atoms with Crippen LogP contribution in [0.25, 0.3) is 0 Å². The molecule has 1 aromatic heterocycles. The zero-order chi connectivity index (χ0) is 15.7. The molecular formula is C17H18Br2N2O. The number of hydrogen-bond acceptors (Lipinski definition) is 2. The number of carbonyl (C=O) groups excluding carboxylic acids is 1. The van der Waals surface area contributed by atoms with E-state index in [4.69, 9.17) is 0 Å². The van der Waals surface area contributed by atoms with Crippen LogP contribution in [-0.4, -0.2) is 17.0 Å². The van der Waals surface area contributed by atoms with Gasteiger partial charge in [-0.2, -0.15) is 0 Å². The predicted molar refractivity (Wildman–Crippen MR) is 95.4 cm³/mol. The average molecular weight is 426 g/mol. The van der Waals surface area contributed by atoms with Crippen LogP contribution in [0.4, 0.5) is 0 Å². The summed E-state index contributed by atoms with van der Waals surface area (Å²) in [6.07, 6.45) is 2.18. The first kappa shape index (κ1) is 16.0. The highest BCUT2D eigenvalue weighted by atomic mass is 79.9. The number of rotatable bonds is 3. The van der Waals surface area contributed by atoms with E-state index in [0.29, 0.717) is 6.42 Å². The molecule has 0 radical (unpaired) electrons. The van der Waals surface area contributed by atoms with Crippen molar-refractivity contribution >= 4 is 37.8 Å². The van der Waals surface area contributed by atoms with Crippen molar-refractivity contribution in [3.8, 4) is 0 Å². The average Bonchev–Trinajstić information content (AvgIpc) is 2.78. The second kappa shape index (κ2) is 6.69. The summed E-state index contributed by atoms with van der Waals surface area (Å²) < 4.78 is 3.69. The minimum atomic E-state index is 0.152. The topological polar surface area (TPSA) is 34.0 Å². The highest BCUT2D eigenvalue weighted by Gasteiger charge is 2.25. The number of nitrogens with zero attached hydrogens (tertiary/aromatic N) is 1. The van der Waals surface area contributed by atoms with Gasteiger partial charge in [0.05, 0.1) is 4.47 Å². The van der Waals surface area contributed by atoms with Crippen molar-refractivity contribution in [2.45, 2.75) is 32.7 Å². The van der Waals surface area contributed by atoms with Crippen LogP contribution in [0.2, 0.25) is 0 Å². The molecule has 0 saturated heterocycles. The number of aryl methyl sites for hydroxylation is 2. The summed E-state index contributed by atoms with van der Waals surface area (Å²) in [5.74, 6) is 0.152. The molecule has 1 aliphatic rings. The number of halogens is 2. The number of hydrogen-bond donors (Lipinski definition) is 1. The van der Waals surface area contributed by atoms with Gasteiger partial charge in [-0.3, -0.25) is 9.36 Å². The van der Waals surface area contributed by atoms with E-state index in [1.165, 1.54) is 16.7 Å². The Labute approximate surface area is 147 Å². The fraction of sp³-hybridized carbons (Fsp3) is 0.353. The molecule has 0 unspecified atom stereocenters. The van der Waals surface area contributed by atoms with Crippen LogP contribution in [-0.2, 0) is 19.4 Å². The van der Waals surface area contributed by atoms with Crippen molar-refractivity contribution in [1.29, 1.82) is 0 Å². The zero-order valence-corrected chi connectivity index (χ0v) is 15.6. The zero-order valence-electron chi connectivity index (χ0n) is 12.5. The maximum atomic E-state index is 12.7. The first-order chi connectivity index (χ1) is 10.6. The fourth-order valence-corrected chi connectivity index (χ4v) is 4.17. The van der Waals surface area contributed by atoms with E-state index in [9.17, 15) is 4.79 Å².